The zero-order chi connectivity index (χ0) is 11.7. The first-order valence-corrected chi connectivity index (χ1v) is 5.65. The molecule has 0 aliphatic rings. The van der Waals surface area contributed by atoms with E-state index in [0.29, 0.717) is 15.7 Å². The van der Waals surface area contributed by atoms with E-state index in [1.54, 1.807) is 6.07 Å². The molecule has 0 bridgehead atoms. The number of nitrogens with two attached hydrogens (primary N) is 1. The highest BCUT2D eigenvalue weighted by atomic mass is 79.9. The number of nitrogens with zero attached hydrogens (tertiary/aromatic N) is 1. The van der Waals surface area contributed by atoms with Gasteiger partial charge in [-0.15, -0.1) is 0 Å². The number of phenolic OH excluding ortho intramolecular Hbond substituents is 1. The van der Waals surface area contributed by atoms with Gasteiger partial charge < -0.3 is 15.4 Å². The average Bonchev–Trinajstić information content (AvgIpc) is 2.68. The Morgan fingerprint density at radius 2 is 2.19 bits per heavy atom. The van der Waals surface area contributed by atoms with E-state index in [0.717, 1.165) is 12.0 Å². The molecule has 0 saturated heterocycles. The van der Waals surface area contributed by atoms with Crippen LogP contribution in [0.15, 0.2) is 27.2 Å². The van der Waals surface area contributed by atoms with Gasteiger partial charge >= 0.3 is 0 Å². The minimum atomic E-state index is 0.144. The summed E-state index contributed by atoms with van der Waals surface area (Å²) in [5.74, 6) is 0.373. The molecule has 0 aliphatic heterocycles. The summed E-state index contributed by atoms with van der Waals surface area (Å²) in [6.07, 6.45) is 0.874. The fraction of sp³-hybridized carbons (Fsp3) is 0.182. The molecule has 0 spiro atoms. The molecule has 2 aromatic rings. The summed E-state index contributed by atoms with van der Waals surface area (Å²) >= 11 is 3.30. The van der Waals surface area contributed by atoms with Gasteiger partial charge in [0, 0.05) is 11.6 Å². The number of aromatic nitrogens is 1. The van der Waals surface area contributed by atoms with Crippen LogP contribution in [0.1, 0.15) is 12.5 Å². The number of benzene rings is 1. The summed E-state index contributed by atoms with van der Waals surface area (Å²) in [5, 5.41) is 13.7. The normalized spacial score (nSPS) is 10.6. The monoisotopic (exact) mass is 282 g/mol. The molecule has 4 nitrogen and oxygen atoms in total. The maximum atomic E-state index is 9.91. The molecule has 0 atom stereocenters. The highest BCUT2D eigenvalue weighted by Gasteiger charge is 2.13. The maximum Gasteiger partial charge on any atom is 0.222 e. The molecule has 1 heterocycles. The molecule has 0 radical (unpaired) electrons. The number of halogens is 1. The molecule has 0 amide bonds. The zero-order valence-corrected chi connectivity index (χ0v) is 10.3. The Kier molecular flexibility index (Phi) is 2.87. The number of phenols is 1. The van der Waals surface area contributed by atoms with E-state index in [1.807, 2.05) is 19.1 Å². The fourth-order valence-electron chi connectivity index (χ4n) is 1.47. The topological polar surface area (TPSA) is 72.3 Å². The van der Waals surface area contributed by atoms with Crippen molar-refractivity contribution in [2.75, 3.05) is 5.73 Å². The number of nitrogen functional groups attached to an aromatic ring is 1. The summed E-state index contributed by atoms with van der Waals surface area (Å²) in [4.78, 5) is 0. The predicted octanol–water partition coefficient (Wildman–Crippen LogP) is 2.95. The van der Waals surface area contributed by atoms with Crippen LogP contribution in [0.2, 0.25) is 0 Å². The third kappa shape index (κ3) is 1.90. The summed E-state index contributed by atoms with van der Waals surface area (Å²) in [7, 11) is 0. The van der Waals surface area contributed by atoms with Crippen molar-refractivity contribution < 1.29 is 9.63 Å². The van der Waals surface area contributed by atoms with Gasteiger partial charge in [-0.05, 0) is 40.0 Å². The zero-order valence-electron chi connectivity index (χ0n) is 8.70. The van der Waals surface area contributed by atoms with E-state index >= 15 is 0 Å². The lowest BCUT2D eigenvalue weighted by Crippen LogP contribution is -1.86. The molecule has 2 rings (SSSR count). The lowest BCUT2D eigenvalue weighted by Gasteiger charge is -2.06. The number of hydrogen-bond donors (Lipinski definition) is 2. The number of aryl methyl sites for hydroxylation is 1. The Hall–Kier alpha value is -1.49. The second-order valence-corrected chi connectivity index (χ2v) is 4.30. The number of aromatic hydroxyl groups is 1. The van der Waals surface area contributed by atoms with Gasteiger partial charge in [0.05, 0.1) is 4.47 Å². The lowest BCUT2D eigenvalue weighted by atomic mass is 10.1. The largest absolute Gasteiger partial charge is 0.506 e. The van der Waals surface area contributed by atoms with Crippen molar-refractivity contribution in [2.45, 2.75) is 13.3 Å². The van der Waals surface area contributed by atoms with Gasteiger partial charge in [0.2, 0.25) is 5.88 Å². The standard InChI is InChI=1S/C11H11BrN2O2/c1-2-6-3-7(11(15)8(12)4-6)9-5-10(13)16-14-9/h3-5,15H,2,13H2,1H3. The molecule has 0 unspecified atom stereocenters. The third-order valence-corrected chi connectivity index (χ3v) is 2.94. The number of rotatable bonds is 2. The Bertz CT molecular complexity index is 523. The van der Waals surface area contributed by atoms with Gasteiger partial charge in [-0.25, -0.2) is 0 Å². The molecule has 1 aromatic carbocycles. The van der Waals surface area contributed by atoms with Crippen LogP contribution in [0.4, 0.5) is 5.88 Å². The Morgan fingerprint density at radius 3 is 2.75 bits per heavy atom. The second kappa shape index (κ2) is 4.17. The molecule has 16 heavy (non-hydrogen) atoms. The van der Waals surface area contributed by atoms with Gasteiger partial charge in [-0.3, -0.25) is 0 Å². The van der Waals surface area contributed by atoms with Crippen molar-refractivity contribution in [1.82, 2.24) is 5.16 Å². The minimum absolute atomic E-state index is 0.144. The molecular formula is C11H11BrN2O2. The summed E-state index contributed by atoms with van der Waals surface area (Å²) in [5.41, 5.74) is 7.70. The highest BCUT2D eigenvalue weighted by molar-refractivity contribution is 9.10. The summed E-state index contributed by atoms with van der Waals surface area (Å²) in [6, 6.07) is 5.33. The van der Waals surface area contributed by atoms with Crippen LogP contribution in [0.3, 0.4) is 0 Å². The number of anilines is 1. The summed E-state index contributed by atoms with van der Waals surface area (Å²) < 4.78 is 5.43. The van der Waals surface area contributed by atoms with Crippen LogP contribution in [0.25, 0.3) is 11.3 Å². The van der Waals surface area contributed by atoms with E-state index in [9.17, 15) is 5.11 Å². The molecule has 0 fully saturated rings. The Balaban J connectivity index is 2.59. The fourth-order valence-corrected chi connectivity index (χ4v) is 1.98. The predicted molar refractivity (Wildman–Crippen MR) is 65.1 cm³/mol. The van der Waals surface area contributed by atoms with Crippen LogP contribution < -0.4 is 5.73 Å². The van der Waals surface area contributed by atoms with Gasteiger partial charge in [0.25, 0.3) is 0 Å². The van der Waals surface area contributed by atoms with Crippen LogP contribution >= 0.6 is 15.9 Å². The van der Waals surface area contributed by atoms with Crippen LogP contribution in [0, 0.1) is 0 Å². The first-order chi connectivity index (χ1) is 7.61. The Morgan fingerprint density at radius 1 is 1.44 bits per heavy atom. The highest BCUT2D eigenvalue weighted by Crippen LogP contribution is 2.36. The Labute approximate surface area is 101 Å². The first kappa shape index (κ1) is 11.0. The van der Waals surface area contributed by atoms with E-state index in [-0.39, 0.29) is 11.6 Å². The molecular weight excluding hydrogens is 272 g/mol. The molecule has 0 aliphatic carbocycles. The van der Waals surface area contributed by atoms with Crippen molar-refractivity contribution in [3.05, 3.63) is 28.2 Å². The van der Waals surface area contributed by atoms with Crippen molar-refractivity contribution in [1.29, 1.82) is 0 Å². The molecule has 1 aromatic heterocycles. The van der Waals surface area contributed by atoms with Crippen molar-refractivity contribution in [3.63, 3.8) is 0 Å². The first-order valence-electron chi connectivity index (χ1n) is 4.85. The molecule has 5 heteroatoms. The van der Waals surface area contributed by atoms with Crippen molar-refractivity contribution >= 4 is 21.8 Å². The van der Waals surface area contributed by atoms with Crippen LogP contribution in [-0.4, -0.2) is 10.3 Å². The van der Waals surface area contributed by atoms with Crippen LogP contribution in [0.5, 0.6) is 5.75 Å². The van der Waals surface area contributed by atoms with E-state index in [1.165, 1.54) is 0 Å². The quantitative estimate of drug-likeness (QED) is 0.888. The lowest BCUT2D eigenvalue weighted by molar-refractivity contribution is 0.437. The van der Waals surface area contributed by atoms with E-state index in [4.69, 9.17) is 10.3 Å². The third-order valence-electron chi connectivity index (χ3n) is 2.34. The van der Waals surface area contributed by atoms with E-state index in [2.05, 4.69) is 21.1 Å². The average molecular weight is 283 g/mol. The van der Waals surface area contributed by atoms with Gasteiger partial charge in [0.15, 0.2) is 0 Å². The van der Waals surface area contributed by atoms with Crippen molar-refractivity contribution in [3.8, 4) is 17.0 Å². The molecule has 0 saturated carbocycles. The maximum absolute atomic E-state index is 9.91. The molecule has 84 valence electrons. The van der Waals surface area contributed by atoms with E-state index < -0.39 is 0 Å². The van der Waals surface area contributed by atoms with Gasteiger partial charge in [0.1, 0.15) is 11.4 Å². The SMILES string of the molecule is CCc1cc(Br)c(O)c(-c2cc(N)on2)c1. The van der Waals surface area contributed by atoms with Crippen molar-refractivity contribution in [2.24, 2.45) is 0 Å². The minimum Gasteiger partial charge on any atom is -0.506 e. The summed E-state index contributed by atoms with van der Waals surface area (Å²) in [6.45, 7) is 2.04. The van der Waals surface area contributed by atoms with Gasteiger partial charge in [-0.1, -0.05) is 12.1 Å². The smallest absolute Gasteiger partial charge is 0.222 e. The van der Waals surface area contributed by atoms with Crippen LogP contribution in [-0.2, 0) is 6.42 Å². The van der Waals surface area contributed by atoms with Gasteiger partial charge in [-0.2, -0.15) is 0 Å². The second-order valence-electron chi connectivity index (χ2n) is 3.44. The molecule has 3 N–H and O–H groups in total. The number of hydrogen-bond acceptors (Lipinski definition) is 4.